The minimum Gasteiger partial charge on any atom is -0.508 e. The van der Waals surface area contributed by atoms with E-state index in [0.717, 1.165) is 0 Å². The van der Waals surface area contributed by atoms with E-state index in [4.69, 9.17) is 4.74 Å². The summed E-state index contributed by atoms with van der Waals surface area (Å²) in [5, 5.41) is 25.7. The van der Waals surface area contributed by atoms with Crippen molar-refractivity contribution in [3.63, 3.8) is 0 Å². The Morgan fingerprint density at radius 1 is 1.00 bits per heavy atom. The van der Waals surface area contributed by atoms with Crippen LogP contribution in [0.1, 0.15) is 73.9 Å². The maximum atomic E-state index is 13.7. The molecule has 9 heteroatoms. The van der Waals surface area contributed by atoms with Gasteiger partial charge in [0.15, 0.2) is 0 Å². The van der Waals surface area contributed by atoms with E-state index in [9.17, 15) is 24.6 Å². The van der Waals surface area contributed by atoms with Crippen molar-refractivity contribution in [1.29, 1.82) is 0 Å². The molecule has 2 unspecified atom stereocenters. The fraction of sp³-hybridized carbons (Fsp3) is 0.625. The van der Waals surface area contributed by atoms with E-state index in [1.54, 1.807) is 80.5 Å². The molecule has 0 radical (unpaired) electrons. The normalized spacial score (nSPS) is 14.1. The molecule has 0 fully saturated rings. The monoisotopic (exact) mass is 465 g/mol. The lowest BCUT2D eigenvalue weighted by Gasteiger charge is -2.43. The number of hydrogen-bond donors (Lipinski definition) is 4. The van der Waals surface area contributed by atoms with Crippen molar-refractivity contribution in [3.8, 4) is 5.75 Å². The molecule has 4 N–H and O–H groups in total. The molecule has 186 valence electrons. The molecule has 0 bridgehead atoms. The van der Waals surface area contributed by atoms with Crippen LogP contribution in [0, 0.1) is 0 Å². The zero-order valence-electron chi connectivity index (χ0n) is 21.1. The third-order valence-corrected chi connectivity index (χ3v) is 4.37. The summed E-state index contributed by atoms with van der Waals surface area (Å²) < 4.78 is 5.21. The van der Waals surface area contributed by atoms with Crippen molar-refractivity contribution in [1.82, 2.24) is 15.5 Å². The highest BCUT2D eigenvalue weighted by atomic mass is 16.6. The molecule has 1 aromatic carbocycles. The molecular formula is C24H39N3O6. The van der Waals surface area contributed by atoms with Gasteiger partial charge in [-0.3, -0.25) is 9.59 Å². The lowest BCUT2D eigenvalue weighted by Crippen LogP contribution is -2.60. The molecule has 0 aromatic heterocycles. The first-order valence-electron chi connectivity index (χ1n) is 10.9. The summed E-state index contributed by atoms with van der Waals surface area (Å²) in [5.74, 6) is -1.37. The number of para-hydroxylation sites is 1. The highest BCUT2D eigenvalue weighted by Gasteiger charge is 2.43. The number of nitrogens with one attached hydrogen (secondary N) is 2. The number of ether oxygens (including phenoxy) is 1. The zero-order chi connectivity index (χ0) is 25.8. The highest BCUT2D eigenvalue weighted by Crippen LogP contribution is 2.34. The number of benzene rings is 1. The summed E-state index contributed by atoms with van der Waals surface area (Å²) in [7, 11) is 0. The maximum absolute atomic E-state index is 13.7. The SMILES string of the molecule is CC(C)(C)NC(=O)C(c1ccccc1O)N(C(=O)C(CO)NC(=O)OC(C)(C)C)C(C)(C)C. The van der Waals surface area contributed by atoms with Crippen LogP contribution in [0.2, 0.25) is 0 Å². The molecule has 2 atom stereocenters. The summed E-state index contributed by atoms with van der Waals surface area (Å²) in [5.41, 5.74) is -2.13. The fourth-order valence-corrected chi connectivity index (χ4v) is 3.20. The van der Waals surface area contributed by atoms with E-state index in [2.05, 4.69) is 10.6 Å². The van der Waals surface area contributed by atoms with Crippen LogP contribution in [0.15, 0.2) is 24.3 Å². The first-order valence-corrected chi connectivity index (χ1v) is 10.9. The summed E-state index contributed by atoms with van der Waals surface area (Å²) in [4.78, 5) is 40.6. The Bertz CT molecular complexity index is 849. The van der Waals surface area contributed by atoms with Gasteiger partial charge in [0.1, 0.15) is 23.4 Å². The molecule has 0 aliphatic heterocycles. The third kappa shape index (κ3) is 8.57. The van der Waals surface area contributed by atoms with Gasteiger partial charge in [-0.15, -0.1) is 0 Å². The van der Waals surface area contributed by atoms with Gasteiger partial charge in [-0.1, -0.05) is 18.2 Å². The van der Waals surface area contributed by atoms with Crippen LogP contribution in [0.4, 0.5) is 4.79 Å². The van der Waals surface area contributed by atoms with E-state index in [1.807, 2.05) is 0 Å². The number of aliphatic hydroxyl groups excluding tert-OH is 1. The van der Waals surface area contributed by atoms with Gasteiger partial charge in [-0.05, 0) is 68.4 Å². The first kappa shape index (κ1) is 28.2. The maximum Gasteiger partial charge on any atom is 0.408 e. The molecule has 3 amide bonds. The number of rotatable bonds is 6. The molecule has 1 rings (SSSR count). The number of amides is 3. The Balaban J connectivity index is 3.52. The molecule has 9 nitrogen and oxygen atoms in total. The van der Waals surface area contributed by atoms with Crippen molar-refractivity contribution in [2.75, 3.05) is 6.61 Å². The van der Waals surface area contributed by atoms with E-state index in [-0.39, 0.29) is 11.3 Å². The largest absolute Gasteiger partial charge is 0.508 e. The van der Waals surface area contributed by atoms with Gasteiger partial charge in [-0.25, -0.2) is 4.79 Å². The molecule has 1 aromatic rings. The van der Waals surface area contributed by atoms with Crippen LogP contribution in [0.5, 0.6) is 5.75 Å². The van der Waals surface area contributed by atoms with Crippen molar-refractivity contribution in [2.45, 2.75) is 91.1 Å². The van der Waals surface area contributed by atoms with E-state index >= 15 is 0 Å². The number of aromatic hydroxyl groups is 1. The van der Waals surface area contributed by atoms with Crippen molar-refractivity contribution in [3.05, 3.63) is 29.8 Å². The molecular weight excluding hydrogens is 426 g/mol. The van der Waals surface area contributed by atoms with Crippen LogP contribution in [-0.2, 0) is 14.3 Å². The standard InChI is InChI=1S/C24H39N3O6/c1-22(2,3)26-19(30)18(15-12-10-11-13-17(15)29)27(23(4,5)6)20(31)16(14-28)25-21(32)33-24(7,8)9/h10-13,16,18,28-29H,14H2,1-9H3,(H,25,32)(H,26,30). The van der Waals surface area contributed by atoms with Crippen molar-refractivity contribution in [2.24, 2.45) is 0 Å². The van der Waals surface area contributed by atoms with Crippen LogP contribution in [-0.4, -0.2) is 62.3 Å². The van der Waals surface area contributed by atoms with Crippen molar-refractivity contribution >= 4 is 17.9 Å². The number of phenols is 1. The van der Waals surface area contributed by atoms with Crippen molar-refractivity contribution < 1.29 is 29.3 Å². The van der Waals surface area contributed by atoms with E-state index < -0.39 is 53.3 Å². The number of nitrogens with zero attached hydrogens (tertiary/aromatic N) is 1. The van der Waals surface area contributed by atoms with Gasteiger partial charge in [0, 0.05) is 16.6 Å². The topological polar surface area (TPSA) is 128 Å². The second kappa shape index (κ2) is 10.4. The Hall–Kier alpha value is -2.81. The molecule has 0 saturated heterocycles. The number of hydrogen-bond acceptors (Lipinski definition) is 6. The average Bonchev–Trinajstić information content (AvgIpc) is 2.60. The second-order valence-electron chi connectivity index (χ2n) is 11.0. The molecule has 0 spiro atoms. The van der Waals surface area contributed by atoms with Crippen LogP contribution in [0.3, 0.4) is 0 Å². The number of alkyl carbamates (subject to hydrolysis) is 1. The fourth-order valence-electron chi connectivity index (χ4n) is 3.20. The number of phenolic OH excluding ortho intramolecular Hbond substituents is 1. The average molecular weight is 466 g/mol. The highest BCUT2D eigenvalue weighted by molar-refractivity contribution is 5.93. The Morgan fingerprint density at radius 2 is 1.55 bits per heavy atom. The second-order valence-corrected chi connectivity index (χ2v) is 11.0. The van der Waals surface area contributed by atoms with Gasteiger partial charge in [0.05, 0.1) is 6.61 Å². The summed E-state index contributed by atoms with van der Waals surface area (Å²) in [6.07, 6.45) is -0.873. The quantitative estimate of drug-likeness (QED) is 0.511. The summed E-state index contributed by atoms with van der Waals surface area (Å²) >= 11 is 0. The Labute approximate surface area is 196 Å². The predicted octanol–water partition coefficient (Wildman–Crippen LogP) is 2.86. The van der Waals surface area contributed by atoms with Gasteiger partial charge in [-0.2, -0.15) is 0 Å². The lowest BCUT2D eigenvalue weighted by atomic mass is 9.94. The van der Waals surface area contributed by atoms with E-state index in [1.165, 1.54) is 11.0 Å². The summed E-state index contributed by atoms with van der Waals surface area (Å²) in [6, 6.07) is 3.66. The van der Waals surface area contributed by atoms with Gasteiger partial charge in [0.2, 0.25) is 11.8 Å². The lowest BCUT2D eigenvalue weighted by molar-refractivity contribution is -0.149. The Kier molecular flexibility index (Phi) is 8.91. The molecule has 0 aliphatic carbocycles. The van der Waals surface area contributed by atoms with Gasteiger partial charge in [0.25, 0.3) is 0 Å². The van der Waals surface area contributed by atoms with Gasteiger partial charge < -0.3 is 30.5 Å². The smallest absolute Gasteiger partial charge is 0.408 e. The molecule has 33 heavy (non-hydrogen) atoms. The first-order chi connectivity index (χ1) is 14.9. The van der Waals surface area contributed by atoms with Crippen LogP contribution < -0.4 is 10.6 Å². The summed E-state index contributed by atoms with van der Waals surface area (Å²) in [6.45, 7) is 14.9. The molecule has 0 heterocycles. The third-order valence-electron chi connectivity index (χ3n) is 4.37. The minimum atomic E-state index is -1.37. The molecule has 0 saturated carbocycles. The number of carbonyl (C=O) groups is 3. The van der Waals surface area contributed by atoms with Crippen LogP contribution in [0.25, 0.3) is 0 Å². The predicted molar refractivity (Wildman–Crippen MR) is 126 cm³/mol. The molecule has 0 aliphatic rings. The minimum absolute atomic E-state index is 0.158. The van der Waals surface area contributed by atoms with Gasteiger partial charge >= 0.3 is 6.09 Å². The zero-order valence-corrected chi connectivity index (χ0v) is 21.1. The Morgan fingerprint density at radius 3 is 1.97 bits per heavy atom. The van der Waals surface area contributed by atoms with E-state index in [0.29, 0.717) is 0 Å². The van der Waals surface area contributed by atoms with Crippen LogP contribution >= 0.6 is 0 Å². The number of aliphatic hydroxyl groups is 1. The number of carbonyl (C=O) groups excluding carboxylic acids is 3.